The number of amides is 1. The van der Waals surface area contributed by atoms with Gasteiger partial charge in [0, 0.05) is 29.3 Å². The van der Waals surface area contributed by atoms with Crippen molar-refractivity contribution in [3.63, 3.8) is 0 Å². The Labute approximate surface area is 158 Å². The smallest absolute Gasteiger partial charge is 0.307 e. The van der Waals surface area contributed by atoms with E-state index in [4.69, 9.17) is 0 Å². The summed E-state index contributed by atoms with van der Waals surface area (Å²) in [5, 5.41) is 4.77. The van der Waals surface area contributed by atoms with Gasteiger partial charge in [0.25, 0.3) is 0 Å². The summed E-state index contributed by atoms with van der Waals surface area (Å²) in [5.41, 5.74) is 2.77. The minimum Gasteiger partial charge on any atom is -0.324 e. The minimum absolute atomic E-state index is 0.0565. The maximum Gasteiger partial charge on any atom is 0.307 e. The summed E-state index contributed by atoms with van der Waals surface area (Å²) in [6.45, 7) is 2.72. The van der Waals surface area contributed by atoms with Crippen LogP contribution in [0.3, 0.4) is 0 Å². The number of nitrogens with one attached hydrogen (secondary N) is 1. The standard InChI is InChI=1S/C20H27N3O2S/c1-15-14-26-20(25)23(15)13-19(24)21-18-11-7-6-8-16(18)12-22(2)17-9-4-3-5-10-17/h6-8,11,14,17H,3-5,9-10,12-13H2,1-2H3,(H,21,24). The molecule has 1 amide bonds. The molecule has 1 aromatic heterocycles. The normalized spacial score (nSPS) is 15.3. The second-order valence-corrected chi connectivity index (χ2v) is 7.96. The average molecular weight is 374 g/mol. The summed E-state index contributed by atoms with van der Waals surface area (Å²) in [6, 6.07) is 8.57. The van der Waals surface area contributed by atoms with Crippen molar-refractivity contribution in [1.82, 2.24) is 9.47 Å². The Morgan fingerprint density at radius 1 is 1.27 bits per heavy atom. The molecule has 26 heavy (non-hydrogen) atoms. The molecular formula is C20H27N3O2S. The van der Waals surface area contributed by atoms with Gasteiger partial charge in [-0.3, -0.25) is 19.1 Å². The largest absolute Gasteiger partial charge is 0.324 e. The highest BCUT2D eigenvalue weighted by molar-refractivity contribution is 7.07. The number of thiazole rings is 1. The zero-order chi connectivity index (χ0) is 18.5. The van der Waals surface area contributed by atoms with Crippen molar-refractivity contribution < 1.29 is 4.79 Å². The molecule has 1 aliphatic carbocycles. The first-order chi connectivity index (χ1) is 12.5. The van der Waals surface area contributed by atoms with Gasteiger partial charge in [0.2, 0.25) is 5.91 Å². The number of nitrogens with zero attached hydrogens (tertiary/aromatic N) is 2. The molecule has 1 saturated carbocycles. The third-order valence-electron chi connectivity index (χ3n) is 5.19. The lowest BCUT2D eigenvalue weighted by Gasteiger charge is -2.31. The van der Waals surface area contributed by atoms with Crippen LogP contribution in [0.2, 0.25) is 0 Å². The summed E-state index contributed by atoms with van der Waals surface area (Å²) in [5.74, 6) is -0.165. The molecule has 6 heteroatoms. The zero-order valence-corrected chi connectivity index (χ0v) is 16.3. The van der Waals surface area contributed by atoms with E-state index < -0.39 is 0 Å². The highest BCUT2D eigenvalue weighted by atomic mass is 32.1. The number of aryl methyl sites for hydroxylation is 1. The van der Waals surface area contributed by atoms with E-state index in [1.54, 1.807) is 5.38 Å². The first kappa shape index (κ1) is 18.9. The molecule has 1 heterocycles. The maximum atomic E-state index is 12.4. The van der Waals surface area contributed by atoms with Crippen LogP contribution in [0.25, 0.3) is 0 Å². The van der Waals surface area contributed by atoms with Crippen LogP contribution < -0.4 is 10.2 Å². The molecule has 0 aliphatic heterocycles. The second-order valence-electron chi connectivity index (χ2n) is 7.14. The number of benzene rings is 1. The van der Waals surface area contributed by atoms with Crippen LogP contribution in [0, 0.1) is 6.92 Å². The molecule has 0 saturated heterocycles. The van der Waals surface area contributed by atoms with Crippen LogP contribution in [-0.4, -0.2) is 28.5 Å². The van der Waals surface area contributed by atoms with Gasteiger partial charge in [-0.2, -0.15) is 0 Å². The fraction of sp³-hybridized carbons (Fsp3) is 0.500. The molecule has 0 unspecified atom stereocenters. The van der Waals surface area contributed by atoms with Crippen LogP contribution in [0.4, 0.5) is 5.69 Å². The Morgan fingerprint density at radius 3 is 2.69 bits per heavy atom. The van der Waals surface area contributed by atoms with Gasteiger partial charge < -0.3 is 5.32 Å². The lowest BCUT2D eigenvalue weighted by Crippen LogP contribution is -2.33. The molecule has 140 valence electrons. The molecule has 0 bridgehead atoms. The molecule has 3 rings (SSSR count). The van der Waals surface area contributed by atoms with E-state index in [2.05, 4.69) is 23.3 Å². The van der Waals surface area contributed by atoms with E-state index in [1.165, 1.54) is 36.7 Å². The molecular weight excluding hydrogens is 346 g/mol. The van der Waals surface area contributed by atoms with Gasteiger partial charge in [-0.05, 0) is 38.4 Å². The lowest BCUT2D eigenvalue weighted by atomic mass is 9.94. The van der Waals surface area contributed by atoms with Gasteiger partial charge in [-0.25, -0.2) is 0 Å². The summed E-state index contributed by atoms with van der Waals surface area (Å²) < 4.78 is 1.51. The third kappa shape index (κ3) is 4.62. The van der Waals surface area contributed by atoms with Crippen molar-refractivity contribution in [2.75, 3.05) is 12.4 Å². The van der Waals surface area contributed by atoms with E-state index in [1.807, 2.05) is 25.1 Å². The van der Waals surface area contributed by atoms with Gasteiger partial charge in [0.05, 0.1) is 0 Å². The maximum absolute atomic E-state index is 12.4. The molecule has 2 aromatic rings. The molecule has 1 N–H and O–H groups in total. The molecule has 5 nitrogen and oxygen atoms in total. The van der Waals surface area contributed by atoms with E-state index in [9.17, 15) is 9.59 Å². The van der Waals surface area contributed by atoms with Gasteiger partial charge >= 0.3 is 4.87 Å². The predicted molar refractivity (Wildman–Crippen MR) is 107 cm³/mol. The SMILES string of the molecule is Cc1csc(=O)n1CC(=O)Nc1ccccc1CN(C)C1CCCCC1. The minimum atomic E-state index is -0.165. The van der Waals surface area contributed by atoms with Crippen molar-refractivity contribution in [3.8, 4) is 0 Å². The summed E-state index contributed by atoms with van der Waals surface area (Å²) >= 11 is 1.13. The molecule has 1 aliphatic rings. The Kier molecular flexibility index (Phi) is 6.27. The predicted octanol–water partition coefficient (Wildman–Crippen LogP) is 3.62. The monoisotopic (exact) mass is 373 g/mol. The Bertz CT molecular complexity index is 805. The molecule has 0 spiro atoms. The summed E-state index contributed by atoms with van der Waals surface area (Å²) in [4.78, 5) is 26.6. The average Bonchev–Trinajstić information content (AvgIpc) is 2.96. The number of para-hydroxylation sites is 1. The van der Waals surface area contributed by atoms with Crippen molar-refractivity contribution in [2.24, 2.45) is 0 Å². The van der Waals surface area contributed by atoms with E-state index >= 15 is 0 Å². The number of hydrogen-bond acceptors (Lipinski definition) is 4. The van der Waals surface area contributed by atoms with Gasteiger partial charge in [0.1, 0.15) is 6.54 Å². The van der Waals surface area contributed by atoms with Crippen LogP contribution >= 0.6 is 11.3 Å². The van der Waals surface area contributed by atoms with Crippen LogP contribution in [0.5, 0.6) is 0 Å². The number of anilines is 1. The summed E-state index contributed by atoms with van der Waals surface area (Å²) in [7, 11) is 2.17. The Hall–Kier alpha value is -1.92. The first-order valence-corrected chi connectivity index (χ1v) is 10.2. The lowest BCUT2D eigenvalue weighted by molar-refractivity contribution is -0.116. The van der Waals surface area contributed by atoms with Crippen molar-refractivity contribution in [3.05, 3.63) is 50.6 Å². The fourth-order valence-corrected chi connectivity index (χ4v) is 4.36. The van der Waals surface area contributed by atoms with Gasteiger partial charge in [0.15, 0.2) is 0 Å². The third-order valence-corrected chi connectivity index (χ3v) is 6.07. The zero-order valence-electron chi connectivity index (χ0n) is 15.5. The quantitative estimate of drug-likeness (QED) is 0.841. The fourth-order valence-electron chi connectivity index (χ4n) is 3.63. The number of carbonyl (C=O) groups is 1. The number of rotatable bonds is 6. The second kappa shape index (κ2) is 8.64. The van der Waals surface area contributed by atoms with E-state index in [0.717, 1.165) is 34.8 Å². The van der Waals surface area contributed by atoms with Gasteiger partial charge in [-0.1, -0.05) is 48.8 Å². The highest BCUT2D eigenvalue weighted by Crippen LogP contribution is 2.24. The molecule has 0 radical (unpaired) electrons. The molecule has 1 aromatic carbocycles. The van der Waals surface area contributed by atoms with Crippen molar-refractivity contribution in [2.45, 2.75) is 58.2 Å². The van der Waals surface area contributed by atoms with Crippen molar-refractivity contribution in [1.29, 1.82) is 0 Å². The van der Waals surface area contributed by atoms with E-state index in [0.29, 0.717) is 6.04 Å². The molecule has 1 fully saturated rings. The number of aromatic nitrogens is 1. The highest BCUT2D eigenvalue weighted by Gasteiger charge is 2.19. The Balaban J connectivity index is 1.66. The van der Waals surface area contributed by atoms with Gasteiger partial charge in [-0.15, -0.1) is 0 Å². The van der Waals surface area contributed by atoms with Crippen LogP contribution in [0.1, 0.15) is 43.4 Å². The number of hydrogen-bond donors (Lipinski definition) is 1. The van der Waals surface area contributed by atoms with Crippen LogP contribution in [-0.2, 0) is 17.9 Å². The number of carbonyl (C=O) groups excluding carboxylic acids is 1. The topological polar surface area (TPSA) is 54.3 Å². The summed E-state index contributed by atoms with van der Waals surface area (Å²) in [6.07, 6.45) is 6.47. The Morgan fingerprint density at radius 2 is 2.00 bits per heavy atom. The van der Waals surface area contributed by atoms with Crippen LogP contribution in [0.15, 0.2) is 34.4 Å². The van der Waals surface area contributed by atoms with Crippen molar-refractivity contribution >= 4 is 22.9 Å². The van der Waals surface area contributed by atoms with E-state index in [-0.39, 0.29) is 17.3 Å². The molecule has 0 atom stereocenters. The first-order valence-electron chi connectivity index (χ1n) is 9.27.